The lowest BCUT2D eigenvalue weighted by Crippen LogP contribution is -2.16. The molecule has 1 heterocycles. The second-order valence-corrected chi connectivity index (χ2v) is 2.87. The minimum atomic E-state index is 0.579. The zero-order valence-corrected chi connectivity index (χ0v) is 5.55. The summed E-state index contributed by atoms with van der Waals surface area (Å²) >= 11 is 0. The normalized spacial score (nSPS) is 40.9. The van der Waals surface area contributed by atoms with Crippen LogP contribution in [0.25, 0.3) is 0 Å². The number of hydrogen-bond acceptors (Lipinski definition) is 1. The molecule has 2 atom stereocenters. The molecule has 1 heteroatoms. The van der Waals surface area contributed by atoms with E-state index in [0.717, 1.165) is 12.5 Å². The summed E-state index contributed by atoms with van der Waals surface area (Å²) in [5.41, 5.74) is 0. The Morgan fingerprint density at radius 2 is 2.33 bits per heavy atom. The van der Waals surface area contributed by atoms with Gasteiger partial charge in [-0.25, -0.2) is 0 Å². The van der Waals surface area contributed by atoms with Gasteiger partial charge in [0.05, 0.1) is 6.10 Å². The molecule has 9 heavy (non-hydrogen) atoms. The molecule has 1 aliphatic carbocycles. The lowest BCUT2D eigenvalue weighted by atomic mass is 9.93. The number of rotatable bonds is 0. The maximum atomic E-state index is 5.51. The first-order valence-corrected chi connectivity index (χ1v) is 3.75. The van der Waals surface area contributed by atoms with Crippen molar-refractivity contribution in [1.29, 1.82) is 0 Å². The third-order valence-corrected chi connectivity index (χ3v) is 2.26. The van der Waals surface area contributed by atoms with Gasteiger partial charge in [-0.05, 0) is 19.3 Å². The molecule has 2 aliphatic rings. The molecule has 1 fully saturated rings. The fraction of sp³-hybridized carbons (Fsp3) is 0.750. The molecule has 1 unspecified atom stereocenters. The highest BCUT2D eigenvalue weighted by Gasteiger charge is 2.26. The van der Waals surface area contributed by atoms with E-state index in [9.17, 15) is 0 Å². The number of allylic oxidation sites excluding steroid dienone is 1. The second kappa shape index (κ2) is 2.14. The highest BCUT2D eigenvalue weighted by atomic mass is 16.5. The Hall–Kier alpha value is -0.300. The van der Waals surface area contributed by atoms with Crippen molar-refractivity contribution in [3.63, 3.8) is 0 Å². The van der Waals surface area contributed by atoms with Gasteiger partial charge in [0.2, 0.25) is 0 Å². The Balaban J connectivity index is 2.10. The third kappa shape index (κ3) is 0.897. The predicted octanol–water partition coefficient (Wildman–Crippen LogP) is 1.74. The summed E-state index contributed by atoms with van der Waals surface area (Å²) in [6, 6.07) is 0. The van der Waals surface area contributed by atoms with Crippen LogP contribution >= 0.6 is 0 Å². The molecule has 0 saturated carbocycles. The summed E-state index contributed by atoms with van der Waals surface area (Å²) < 4.78 is 5.51. The van der Waals surface area contributed by atoms with E-state index < -0.39 is 0 Å². The summed E-state index contributed by atoms with van der Waals surface area (Å²) in [5.74, 6) is 0.763. The first-order valence-electron chi connectivity index (χ1n) is 3.75. The number of hydrogen-bond donors (Lipinski definition) is 0. The Labute approximate surface area is 55.7 Å². The van der Waals surface area contributed by atoms with E-state index in [1.807, 2.05) is 0 Å². The zero-order chi connectivity index (χ0) is 6.10. The molecule has 1 saturated heterocycles. The SMILES string of the molecule is C1=C[C@H]2CCOC2CC1. The summed E-state index contributed by atoms with van der Waals surface area (Å²) in [6.45, 7) is 0.986. The molecule has 2 rings (SSSR count). The van der Waals surface area contributed by atoms with Crippen LogP contribution in [0.5, 0.6) is 0 Å². The molecule has 1 aliphatic heterocycles. The van der Waals surface area contributed by atoms with Gasteiger partial charge in [-0.3, -0.25) is 0 Å². The Kier molecular flexibility index (Phi) is 1.31. The third-order valence-electron chi connectivity index (χ3n) is 2.26. The van der Waals surface area contributed by atoms with E-state index in [1.54, 1.807) is 0 Å². The minimum absolute atomic E-state index is 0.579. The first kappa shape index (κ1) is 5.48. The minimum Gasteiger partial charge on any atom is -0.378 e. The van der Waals surface area contributed by atoms with Gasteiger partial charge < -0.3 is 4.74 Å². The van der Waals surface area contributed by atoms with Gasteiger partial charge >= 0.3 is 0 Å². The van der Waals surface area contributed by atoms with Crippen molar-refractivity contribution in [1.82, 2.24) is 0 Å². The van der Waals surface area contributed by atoms with Crippen molar-refractivity contribution in [2.45, 2.75) is 25.4 Å². The largest absolute Gasteiger partial charge is 0.378 e. The van der Waals surface area contributed by atoms with Crippen LogP contribution in [0.3, 0.4) is 0 Å². The lowest BCUT2D eigenvalue weighted by molar-refractivity contribution is 0.0899. The van der Waals surface area contributed by atoms with Gasteiger partial charge in [0, 0.05) is 12.5 Å². The fourth-order valence-corrected chi connectivity index (χ4v) is 1.71. The van der Waals surface area contributed by atoms with Crippen molar-refractivity contribution in [3.8, 4) is 0 Å². The van der Waals surface area contributed by atoms with Crippen molar-refractivity contribution in [3.05, 3.63) is 12.2 Å². The monoisotopic (exact) mass is 124 g/mol. The molecule has 0 radical (unpaired) electrons. The van der Waals surface area contributed by atoms with Gasteiger partial charge in [0.15, 0.2) is 0 Å². The average molecular weight is 124 g/mol. The van der Waals surface area contributed by atoms with Crippen molar-refractivity contribution >= 4 is 0 Å². The van der Waals surface area contributed by atoms with Crippen LogP contribution in [0.4, 0.5) is 0 Å². The topological polar surface area (TPSA) is 9.23 Å². The average Bonchev–Trinajstić information content (AvgIpc) is 2.33. The van der Waals surface area contributed by atoms with Gasteiger partial charge in [-0.1, -0.05) is 12.2 Å². The fourth-order valence-electron chi connectivity index (χ4n) is 1.71. The lowest BCUT2D eigenvalue weighted by Gasteiger charge is -2.17. The van der Waals surface area contributed by atoms with Crippen LogP contribution in [-0.4, -0.2) is 12.7 Å². The van der Waals surface area contributed by atoms with Crippen molar-refractivity contribution < 1.29 is 4.74 Å². The molecule has 0 N–H and O–H groups in total. The smallest absolute Gasteiger partial charge is 0.0641 e. The molecule has 0 spiro atoms. The molecule has 50 valence electrons. The summed E-state index contributed by atoms with van der Waals surface area (Å²) in [6.07, 6.45) is 8.91. The maximum absolute atomic E-state index is 5.51. The van der Waals surface area contributed by atoms with Crippen LogP contribution in [0, 0.1) is 5.92 Å². The van der Waals surface area contributed by atoms with Crippen molar-refractivity contribution in [2.24, 2.45) is 5.92 Å². The Bertz CT molecular complexity index is 129. The van der Waals surface area contributed by atoms with E-state index in [0.29, 0.717) is 6.10 Å². The maximum Gasteiger partial charge on any atom is 0.0641 e. The van der Waals surface area contributed by atoms with Crippen LogP contribution in [0.1, 0.15) is 19.3 Å². The predicted molar refractivity (Wildman–Crippen MR) is 36.2 cm³/mol. The molecule has 0 amide bonds. The highest BCUT2D eigenvalue weighted by molar-refractivity contribution is 4.99. The second-order valence-electron chi connectivity index (χ2n) is 2.87. The van der Waals surface area contributed by atoms with E-state index in [2.05, 4.69) is 12.2 Å². The first-order chi connectivity index (χ1) is 4.47. The van der Waals surface area contributed by atoms with Gasteiger partial charge in [0.1, 0.15) is 0 Å². The molecular weight excluding hydrogens is 112 g/mol. The number of ether oxygens (including phenoxy) is 1. The van der Waals surface area contributed by atoms with Gasteiger partial charge in [0.25, 0.3) is 0 Å². The van der Waals surface area contributed by atoms with Crippen LogP contribution < -0.4 is 0 Å². The van der Waals surface area contributed by atoms with Crippen LogP contribution in [-0.2, 0) is 4.74 Å². The Morgan fingerprint density at radius 1 is 1.33 bits per heavy atom. The quantitative estimate of drug-likeness (QED) is 0.447. The van der Waals surface area contributed by atoms with Crippen LogP contribution in [0.2, 0.25) is 0 Å². The highest BCUT2D eigenvalue weighted by Crippen LogP contribution is 2.29. The molecule has 0 bridgehead atoms. The van der Waals surface area contributed by atoms with E-state index >= 15 is 0 Å². The summed E-state index contributed by atoms with van der Waals surface area (Å²) in [4.78, 5) is 0. The van der Waals surface area contributed by atoms with Gasteiger partial charge in [-0.2, -0.15) is 0 Å². The Morgan fingerprint density at radius 3 is 3.22 bits per heavy atom. The van der Waals surface area contributed by atoms with E-state index in [4.69, 9.17) is 4.74 Å². The molecule has 0 aromatic carbocycles. The molecular formula is C8H12O. The van der Waals surface area contributed by atoms with Crippen molar-refractivity contribution in [2.75, 3.05) is 6.61 Å². The zero-order valence-electron chi connectivity index (χ0n) is 5.55. The van der Waals surface area contributed by atoms with E-state index in [1.165, 1.54) is 19.3 Å². The van der Waals surface area contributed by atoms with Crippen LogP contribution in [0.15, 0.2) is 12.2 Å². The number of fused-ring (bicyclic) bond motifs is 1. The molecule has 0 aromatic rings. The standard InChI is InChI=1S/C8H12O/c1-2-4-8-7(3-1)5-6-9-8/h1,3,7-8H,2,4-6H2/t7-,8?/m0/s1. The van der Waals surface area contributed by atoms with Gasteiger partial charge in [-0.15, -0.1) is 0 Å². The summed E-state index contributed by atoms with van der Waals surface area (Å²) in [7, 11) is 0. The molecule has 0 aromatic heterocycles. The molecule has 1 nitrogen and oxygen atoms in total. The summed E-state index contributed by atoms with van der Waals surface area (Å²) in [5, 5.41) is 0. The van der Waals surface area contributed by atoms with E-state index in [-0.39, 0.29) is 0 Å².